The summed E-state index contributed by atoms with van der Waals surface area (Å²) in [6.07, 6.45) is 4.46. The first-order valence-electron chi connectivity index (χ1n) is 8.20. The van der Waals surface area contributed by atoms with E-state index in [0.29, 0.717) is 5.92 Å². The van der Waals surface area contributed by atoms with Crippen molar-refractivity contribution in [3.63, 3.8) is 0 Å². The van der Waals surface area contributed by atoms with Crippen molar-refractivity contribution in [3.8, 4) is 0 Å². The third kappa shape index (κ3) is 4.91. The van der Waals surface area contributed by atoms with Crippen molar-refractivity contribution in [1.29, 1.82) is 0 Å². The Kier molecular flexibility index (Phi) is 7.14. The zero-order valence-electron chi connectivity index (χ0n) is 15.3. The summed E-state index contributed by atoms with van der Waals surface area (Å²) in [6.45, 7) is 8.09. The standard InChI is InChI=1S/C10H15NO.C9H12FNO/c1-4-8(2)9-6-5-7-11(3)10(9)12;1-6(2)7-4-8(10)9(12)11(3)5-7/h5-8H,4H2,1-3H3;4-6H,1-3H3. The van der Waals surface area contributed by atoms with Crippen molar-refractivity contribution in [2.24, 2.45) is 14.1 Å². The van der Waals surface area contributed by atoms with E-state index in [9.17, 15) is 14.0 Å². The quantitative estimate of drug-likeness (QED) is 0.861. The molecule has 2 heterocycles. The molecule has 1 unspecified atom stereocenters. The Hall–Kier alpha value is -2.17. The number of aromatic nitrogens is 2. The van der Waals surface area contributed by atoms with Crippen LogP contribution in [0.15, 0.2) is 40.2 Å². The van der Waals surface area contributed by atoms with Crippen LogP contribution in [0.25, 0.3) is 0 Å². The SMILES string of the molecule is CC(C)c1cc(F)c(=O)n(C)c1.CCC(C)c1cccn(C)c1=O. The van der Waals surface area contributed by atoms with Crippen molar-refractivity contribution in [3.05, 3.63) is 68.2 Å². The summed E-state index contributed by atoms with van der Waals surface area (Å²) >= 11 is 0. The molecule has 4 nitrogen and oxygen atoms in total. The lowest BCUT2D eigenvalue weighted by Crippen LogP contribution is -2.21. The molecule has 2 rings (SSSR count). The molecule has 0 bridgehead atoms. The zero-order chi connectivity index (χ0) is 18.4. The fourth-order valence-corrected chi connectivity index (χ4v) is 2.23. The van der Waals surface area contributed by atoms with E-state index in [0.717, 1.165) is 17.5 Å². The Bertz CT molecular complexity index is 764. The molecule has 5 heteroatoms. The highest BCUT2D eigenvalue weighted by Crippen LogP contribution is 2.13. The second-order valence-electron chi connectivity index (χ2n) is 6.38. The van der Waals surface area contributed by atoms with Crippen LogP contribution in [0.1, 0.15) is 57.1 Å². The van der Waals surface area contributed by atoms with E-state index in [-0.39, 0.29) is 11.5 Å². The number of aryl methyl sites for hydroxylation is 2. The van der Waals surface area contributed by atoms with Gasteiger partial charge in [0.1, 0.15) is 0 Å². The van der Waals surface area contributed by atoms with Gasteiger partial charge >= 0.3 is 0 Å². The average Bonchev–Trinajstić information content (AvgIpc) is 2.54. The van der Waals surface area contributed by atoms with Gasteiger partial charge in [-0.1, -0.05) is 33.8 Å². The second kappa shape index (κ2) is 8.62. The molecule has 132 valence electrons. The Morgan fingerprint density at radius 2 is 1.71 bits per heavy atom. The van der Waals surface area contributed by atoms with E-state index in [4.69, 9.17) is 0 Å². The van der Waals surface area contributed by atoms with Gasteiger partial charge in [0.2, 0.25) is 0 Å². The minimum Gasteiger partial charge on any atom is -0.318 e. The minimum atomic E-state index is -0.677. The summed E-state index contributed by atoms with van der Waals surface area (Å²) in [7, 11) is 3.34. The molecule has 0 saturated heterocycles. The number of rotatable bonds is 3. The van der Waals surface area contributed by atoms with Gasteiger partial charge in [0, 0.05) is 32.1 Å². The van der Waals surface area contributed by atoms with Crippen LogP contribution < -0.4 is 11.1 Å². The first-order chi connectivity index (χ1) is 11.2. The van der Waals surface area contributed by atoms with Gasteiger partial charge < -0.3 is 9.13 Å². The van der Waals surface area contributed by atoms with Crippen LogP contribution in [-0.4, -0.2) is 9.13 Å². The molecular weight excluding hydrogens is 307 g/mol. The maximum atomic E-state index is 12.9. The maximum absolute atomic E-state index is 12.9. The van der Waals surface area contributed by atoms with Crippen molar-refractivity contribution in [1.82, 2.24) is 9.13 Å². The van der Waals surface area contributed by atoms with Gasteiger partial charge in [-0.15, -0.1) is 0 Å². The number of pyridine rings is 2. The lowest BCUT2D eigenvalue weighted by molar-refractivity contribution is 0.583. The van der Waals surface area contributed by atoms with E-state index >= 15 is 0 Å². The molecule has 0 fully saturated rings. The molecule has 0 aliphatic carbocycles. The molecule has 0 spiro atoms. The van der Waals surface area contributed by atoms with Gasteiger partial charge in [-0.25, -0.2) is 4.39 Å². The molecule has 0 saturated carbocycles. The highest BCUT2D eigenvalue weighted by molar-refractivity contribution is 5.15. The van der Waals surface area contributed by atoms with E-state index in [1.807, 2.05) is 26.0 Å². The van der Waals surface area contributed by atoms with E-state index < -0.39 is 11.4 Å². The van der Waals surface area contributed by atoms with Crippen molar-refractivity contribution >= 4 is 0 Å². The van der Waals surface area contributed by atoms with Gasteiger partial charge in [-0.05, 0) is 36.0 Å². The Balaban J connectivity index is 0.000000240. The van der Waals surface area contributed by atoms with Gasteiger partial charge in [-0.2, -0.15) is 0 Å². The fraction of sp³-hybridized carbons (Fsp3) is 0.474. The summed E-state index contributed by atoms with van der Waals surface area (Å²) in [5.41, 5.74) is 1.32. The summed E-state index contributed by atoms with van der Waals surface area (Å²) in [5.74, 6) is -0.0695. The molecule has 0 radical (unpaired) electrons. The monoisotopic (exact) mass is 334 g/mol. The molecular formula is C19H27FN2O2. The Morgan fingerprint density at radius 3 is 2.21 bits per heavy atom. The van der Waals surface area contributed by atoms with Crippen molar-refractivity contribution in [2.45, 2.75) is 46.0 Å². The molecule has 0 aromatic carbocycles. The molecule has 0 amide bonds. The minimum absolute atomic E-state index is 0.131. The fourth-order valence-electron chi connectivity index (χ4n) is 2.23. The maximum Gasteiger partial charge on any atom is 0.286 e. The zero-order valence-corrected chi connectivity index (χ0v) is 15.3. The molecule has 2 aromatic rings. The molecule has 0 N–H and O–H groups in total. The highest BCUT2D eigenvalue weighted by atomic mass is 19.1. The summed E-state index contributed by atoms with van der Waals surface area (Å²) in [4.78, 5) is 22.5. The predicted octanol–water partition coefficient (Wildman–Crippen LogP) is 3.55. The van der Waals surface area contributed by atoms with Crippen molar-refractivity contribution < 1.29 is 4.39 Å². The Morgan fingerprint density at radius 1 is 1.08 bits per heavy atom. The summed E-state index contributed by atoms with van der Waals surface area (Å²) < 4.78 is 15.8. The van der Waals surface area contributed by atoms with Gasteiger partial charge in [0.15, 0.2) is 5.82 Å². The highest BCUT2D eigenvalue weighted by Gasteiger charge is 2.07. The van der Waals surface area contributed by atoms with Crippen LogP contribution in [0.5, 0.6) is 0 Å². The third-order valence-electron chi connectivity index (χ3n) is 4.12. The van der Waals surface area contributed by atoms with E-state index in [1.165, 1.54) is 10.6 Å². The first-order valence-corrected chi connectivity index (χ1v) is 8.20. The van der Waals surface area contributed by atoms with Crippen LogP contribution in [0, 0.1) is 5.82 Å². The van der Waals surface area contributed by atoms with Gasteiger partial charge in [-0.3, -0.25) is 9.59 Å². The summed E-state index contributed by atoms with van der Waals surface area (Å²) in [5, 5.41) is 0. The van der Waals surface area contributed by atoms with Crippen molar-refractivity contribution in [2.75, 3.05) is 0 Å². The predicted molar refractivity (Wildman–Crippen MR) is 96.1 cm³/mol. The largest absolute Gasteiger partial charge is 0.318 e. The molecule has 0 aliphatic heterocycles. The topological polar surface area (TPSA) is 44.0 Å². The number of hydrogen-bond donors (Lipinski definition) is 0. The lowest BCUT2D eigenvalue weighted by Gasteiger charge is -2.08. The third-order valence-corrected chi connectivity index (χ3v) is 4.12. The average molecular weight is 334 g/mol. The molecule has 0 aliphatic rings. The van der Waals surface area contributed by atoms with Gasteiger partial charge in [0.25, 0.3) is 11.1 Å². The summed E-state index contributed by atoms with van der Waals surface area (Å²) in [6, 6.07) is 5.13. The van der Waals surface area contributed by atoms with Crippen LogP contribution in [-0.2, 0) is 14.1 Å². The Labute approximate surface area is 142 Å². The second-order valence-corrected chi connectivity index (χ2v) is 6.38. The van der Waals surface area contributed by atoms with Gasteiger partial charge in [0.05, 0.1) is 0 Å². The van der Waals surface area contributed by atoms with Crippen LogP contribution >= 0.6 is 0 Å². The van der Waals surface area contributed by atoms with Crippen LogP contribution in [0.2, 0.25) is 0 Å². The normalized spacial score (nSPS) is 11.8. The number of nitrogens with zero attached hydrogens (tertiary/aromatic N) is 2. The molecule has 1 atom stereocenters. The number of halogens is 1. The molecule has 2 aromatic heterocycles. The first kappa shape index (κ1) is 19.9. The number of hydrogen-bond acceptors (Lipinski definition) is 2. The van der Waals surface area contributed by atoms with E-state index in [2.05, 4.69) is 13.8 Å². The lowest BCUT2D eigenvalue weighted by atomic mass is 10.0. The van der Waals surface area contributed by atoms with Crippen LogP contribution in [0.4, 0.5) is 4.39 Å². The van der Waals surface area contributed by atoms with Crippen LogP contribution in [0.3, 0.4) is 0 Å². The van der Waals surface area contributed by atoms with E-state index in [1.54, 1.807) is 31.1 Å². The smallest absolute Gasteiger partial charge is 0.286 e. The molecule has 24 heavy (non-hydrogen) atoms.